The normalized spacial score (nSPS) is 17.2. The minimum Gasteiger partial charge on any atom is -0.461 e. The lowest BCUT2D eigenvalue weighted by Gasteiger charge is -2.31. The predicted molar refractivity (Wildman–Crippen MR) is 83.9 cm³/mol. The van der Waals surface area contributed by atoms with E-state index in [9.17, 15) is 0 Å². The monoisotopic (exact) mass is 313 g/mol. The summed E-state index contributed by atoms with van der Waals surface area (Å²) in [6.07, 6.45) is 2.42. The maximum atomic E-state index is 5.90. The molecule has 1 fully saturated rings. The fourth-order valence-electron chi connectivity index (χ4n) is 2.42. The zero-order valence-corrected chi connectivity index (χ0v) is 13.7. The second-order valence-electron chi connectivity index (χ2n) is 5.64. The molecule has 1 aromatic heterocycles. The molecular formula is C14H24ClN5O. The summed E-state index contributed by atoms with van der Waals surface area (Å²) >= 11 is 5.90. The maximum Gasteiger partial charge on any atom is 0.322 e. The van der Waals surface area contributed by atoms with Crippen molar-refractivity contribution >= 4 is 17.5 Å². The fraction of sp³-hybridized carbons (Fsp3) is 0.786. The molecule has 118 valence electrons. The summed E-state index contributed by atoms with van der Waals surface area (Å²) in [5.74, 6) is 1.14. The van der Waals surface area contributed by atoms with E-state index in [-0.39, 0.29) is 17.4 Å². The van der Waals surface area contributed by atoms with E-state index in [0.29, 0.717) is 11.9 Å². The molecule has 0 saturated carbocycles. The van der Waals surface area contributed by atoms with Crippen LogP contribution in [0.3, 0.4) is 0 Å². The summed E-state index contributed by atoms with van der Waals surface area (Å²) in [6.45, 7) is 10.4. The molecule has 0 spiro atoms. The molecular weight excluding hydrogens is 290 g/mol. The van der Waals surface area contributed by atoms with Gasteiger partial charge < -0.3 is 15.0 Å². The first-order valence-corrected chi connectivity index (χ1v) is 7.99. The predicted octanol–water partition coefficient (Wildman–Crippen LogP) is 2.46. The van der Waals surface area contributed by atoms with Crippen LogP contribution in [-0.2, 0) is 0 Å². The SMILES string of the molecule is CCN1CCC(CNc2nc(Cl)nc(OC(C)C)n2)CC1. The number of nitrogens with zero attached hydrogens (tertiary/aromatic N) is 4. The van der Waals surface area contributed by atoms with Crippen LogP contribution in [-0.4, -0.2) is 52.1 Å². The summed E-state index contributed by atoms with van der Waals surface area (Å²) in [4.78, 5) is 14.8. The van der Waals surface area contributed by atoms with Crippen molar-refractivity contribution in [3.05, 3.63) is 5.28 Å². The number of rotatable bonds is 6. The van der Waals surface area contributed by atoms with Gasteiger partial charge in [-0.2, -0.15) is 15.0 Å². The lowest BCUT2D eigenvalue weighted by Crippen LogP contribution is -2.35. The molecule has 1 aliphatic rings. The van der Waals surface area contributed by atoms with E-state index in [1.54, 1.807) is 0 Å². The molecule has 2 rings (SSSR count). The highest BCUT2D eigenvalue weighted by atomic mass is 35.5. The van der Waals surface area contributed by atoms with Gasteiger partial charge in [0.25, 0.3) is 0 Å². The second kappa shape index (κ2) is 7.75. The number of likely N-dealkylation sites (tertiary alicyclic amines) is 1. The standard InChI is InChI=1S/C14H24ClN5O/c1-4-20-7-5-11(6-8-20)9-16-13-17-12(15)18-14(19-13)21-10(2)3/h10-11H,4-9H2,1-3H3,(H,16,17,18,19). The lowest BCUT2D eigenvalue weighted by atomic mass is 9.97. The molecule has 21 heavy (non-hydrogen) atoms. The van der Waals surface area contributed by atoms with Gasteiger partial charge in [-0.15, -0.1) is 0 Å². The highest BCUT2D eigenvalue weighted by molar-refractivity contribution is 6.28. The minimum absolute atomic E-state index is 0.00897. The highest BCUT2D eigenvalue weighted by Crippen LogP contribution is 2.18. The third-order valence-electron chi connectivity index (χ3n) is 3.63. The van der Waals surface area contributed by atoms with Crippen molar-refractivity contribution < 1.29 is 4.74 Å². The Labute approximate surface area is 131 Å². The summed E-state index contributed by atoms with van der Waals surface area (Å²) in [5.41, 5.74) is 0. The van der Waals surface area contributed by atoms with Crippen LogP contribution in [0, 0.1) is 5.92 Å². The molecule has 7 heteroatoms. The number of halogens is 1. The minimum atomic E-state index is 0.00897. The van der Waals surface area contributed by atoms with Crippen LogP contribution in [0.2, 0.25) is 5.28 Å². The van der Waals surface area contributed by atoms with E-state index in [0.717, 1.165) is 13.1 Å². The molecule has 0 bridgehead atoms. The zero-order chi connectivity index (χ0) is 15.2. The molecule has 0 aliphatic carbocycles. The fourth-order valence-corrected chi connectivity index (χ4v) is 2.57. The Morgan fingerprint density at radius 3 is 2.62 bits per heavy atom. The van der Waals surface area contributed by atoms with Gasteiger partial charge in [0.1, 0.15) is 0 Å². The first-order valence-electron chi connectivity index (χ1n) is 7.61. The van der Waals surface area contributed by atoms with Crippen LogP contribution >= 0.6 is 11.6 Å². The highest BCUT2D eigenvalue weighted by Gasteiger charge is 2.18. The second-order valence-corrected chi connectivity index (χ2v) is 5.97. The Morgan fingerprint density at radius 2 is 2.00 bits per heavy atom. The molecule has 0 unspecified atom stereocenters. The van der Waals surface area contributed by atoms with E-state index < -0.39 is 0 Å². The van der Waals surface area contributed by atoms with Gasteiger partial charge in [0.05, 0.1) is 6.10 Å². The first kappa shape index (κ1) is 16.2. The molecule has 0 aromatic carbocycles. The van der Waals surface area contributed by atoms with E-state index in [1.807, 2.05) is 13.8 Å². The Hall–Kier alpha value is -1.14. The largest absolute Gasteiger partial charge is 0.461 e. The third-order valence-corrected chi connectivity index (χ3v) is 3.80. The molecule has 0 atom stereocenters. The zero-order valence-electron chi connectivity index (χ0n) is 13.0. The molecule has 1 aliphatic heterocycles. The van der Waals surface area contributed by atoms with Crippen molar-refractivity contribution in [3.8, 4) is 6.01 Å². The van der Waals surface area contributed by atoms with Crippen LogP contribution in [0.25, 0.3) is 0 Å². The van der Waals surface area contributed by atoms with E-state index >= 15 is 0 Å². The topological polar surface area (TPSA) is 63.2 Å². The Balaban J connectivity index is 1.86. The third kappa shape index (κ3) is 5.28. The van der Waals surface area contributed by atoms with Gasteiger partial charge in [-0.25, -0.2) is 0 Å². The number of aromatic nitrogens is 3. The number of hydrogen-bond donors (Lipinski definition) is 1. The molecule has 0 radical (unpaired) electrons. The molecule has 1 N–H and O–H groups in total. The van der Waals surface area contributed by atoms with E-state index in [1.165, 1.54) is 25.9 Å². The number of hydrogen-bond acceptors (Lipinski definition) is 6. The van der Waals surface area contributed by atoms with Crippen molar-refractivity contribution in [2.45, 2.75) is 39.7 Å². The number of piperidine rings is 1. The van der Waals surface area contributed by atoms with E-state index in [2.05, 4.69) is 32.1 Å². The van der Waals surface area contributed by atoms with Crippen LogP contribution < -0.4 is 10.1 Å². The molecule has 1 aromatic rings. The Kier molecular flexibility index (Phi) is 5.99. The number of ether oxygens (including phenoxy) is 1. The molecule has 2 heterocycles. The van der Waals surface area contributed by atoms with Crippen LogP contribution in [0.1, 0.15) is 33.6 Å². The van der Waals surface area contributed by atoms with Gasteiger partial charge in [-0.1, -0.05) is 6.92 Å². The van der Waals surface area contributed by atoms with E-state index in [4.69, 9.17) is 16.3 Å². The molecule has 6 nitrogen and oxygen atoms in total. The van der Waals surface area contributed by atoms with Crippen LogP contribution in [0.4, 0.5) is 5.95 Å². The van der Waals surface area contributed by atoms with Crippen LogP contribution in [0.15, 0.2) is 0 Å². The summed E-state index contributed by atoms with van der Waals surface area (Å²) < 4.78 is 5.46. The molecule has 1 saturated heterocycles. The number of nitrogens with one attached hydrogen (secondary N) is 1. The summed E-state index contributed by atoms with van der Waals surface area (Å²) in [5, 5.41) is 3.41. The van der Waals surface area contributed by atoms with Gasteiger partial charge >= 0.3 is 6.01 Å². The van der Waals surface area contributed by atoms with Gasteiger partial charge in [0, 0.05) is 6.54 Å². The first-order chi connectivity index (χ1) is 10.1. The maximum absolute atomic E-state index is 5.90. The van der Waals surface area contributed by atoms with Gasteiger partial charge in [-0.3, -0.25) is 0 Å². The van der Waals surface area contributed by atoms with Crippen molar-refractivity contribution in [3.63, 3.8) is 0 Å². The van der Waals surface area contributed by atoms with Gasteiger partial charge in [0.15, 0.2) is 0 Å². The smallest absolute Gasteiger partial charge is 0.322 e. The average molecular weight is 314 g/mol. The van der Waals surface area contributed by atoms with Crippen molar-refractivity contribution in [2.24, 2.45) is 5.92 Å². The van der Waals surface area contributed by atoms with Gasteiger partial charge in [-0.05, 0) is 63.8 Å². The number of anilines is 1. The van der Waals surface area contributed by atoms with Gasteiger partial charge in [0.2, 0.25) is 11.2 Å². The summed E-state index contributed by atoms with van der Waals surface area (Å²) in [6, 6.07) is 0.272. The average Bonchev–Trinajstić information content (AvgIpc) is 2.44. The summed E-state index contributed by atoms with van der Waals surface area (Å²) in [7, 11) is 0. The Bertz CT molecular complexity index is 449. The Morgan fingerprint density at radius 1 is 1.29 bits per heavy atom. The van der Waals surface area contributed by atoms with Crippen molar-refractivity contribution in [1.82, 2.24) is 19.9 Å². The lowest BCUT2D eigenvalue weighted by molar-refractivity contribution is 0.198. The molecule has 0 amide bonds. The van der Waals surface area contributed by atoms with Crippen molar-refractivity contribution in [1.29, 1.82) is 0 Å². The van der Waals surface area contributed by atoms with Crippen LogP contribution in [0.5, 0.6) is 6.01 Å². The quantitative estimate of drug-likeness (QED) is 0.870. The van der Waals surface area contributed by atoms with Crippen molar-refractivity contribution in [2.75, 3.05) is 31.5 Å².